The minimum absolute atomic E-state index is 0.0545. The lowest BCUT2D eigenvalue weighted by Crippen LogP contribution is -2.33. The van der Waals surface area contributed by atoms with Crippen LogP contribution in [0.25, 0.3) is 15.9 Å². The topological polar surface area (TPSA) is 64.0 Å². The molecule has 0 spiro atoms. The molecule has 0 radical (unpaired) electrons. The number of aryl methyl sites for hydroxylation is 2. The first-order chi connectivity index (χ1) is 12.9. The fourth-order valence-corrected chi connectivity index (χ4v) is 4.38. The molecule has 1 atom stereocenters. The molecule has 1 amide bonds. The van der Waals surface area contributed by atoms with Crippen LogP contribution in [0.15, 0.2) is 39.6 Å². The molecule has 5 nitrogen and oxygen atoms in total. The molecule has 3 rings (SSSR count). The second kappa shape index (κ2) is 8.27. The Kier molecular flexibility index (Phi) is 6.01. The lowest BCUT2D eigenvalue weighted by molar-refractivity contribution is -0.119. The summed E-state index contributed by atoms with van der Waals surface area (Å²) in [5, 5.41) is 5.36. The average Bonchev–Trinajstić information content (AvgIpc) is 3.10. The molecule has 1 aromatic carbocycles. The van der Waals surface area contributed by atoms with Gasteiger partial charge in [-0.25, -0.2) is 4.98 Å². The van der Waals surface area contributed by atoms with Gasteiger partial charge in [-0.3, -0.25) is 14.2 Å². The third-order valence-corrected chi connectivity index (χ3v) is 6.22. The molecule has 142 valence electrons. The molecule has 2 heterocycles. The molecule has 0 aliphatic carbocycles. The number of thioether (sulfide) groups is 1. The molecule has 0 fully saturated rings. The van der Waals surface area contributed by atoms with E-state index in [-0.39, 0.29) is 23.3 Å². The summed E-state index contributed by atoms with van der Waals surface area (Å²) in [6, 6.07) is 7.95. The Morgan fingerprint density at radius 1 is 1.33 bits per heavy atom. The van der Waals surface area contributed by atoms with Gasteiger partial charge in [0.05, 0.1) is 17.0 Å². The van der Waals surface area contributed by atoms with E-state index in [1.165, 1.54) is 23.1 Å². The maximum Gasteiger partial charge on any atom is 0.276 e. The summed E-state index contributed by atoms with van der Waals surface area (Å²) in [7, 11) is 0. The Bertz CT molecular complexity index is 1040. The number of carbonyl (C=O) groups excluding carboxylic acids is 1. The number of hydrogen-bond donors (Lipinski definition) is 1. The van der Waals surface area contributed by atoms with Crippen LogP contribution >= 0.6 is 23.1 Å². The lowest BCUT2D eigenvalue weighted by atomic mass is 10.1. The van der Waals surface area contributed by atoms with Gasteiger partial charge < -0.3 is 5.32 Å². The summed E-state index contributed by atoms with van der Waals surface area (Å²) in [6.07, 6.45) is 0.878. The molecular weight excluding hydrogens is 378 g/mol. The van der Waals surface area contributed by atoms with Crippen molar-refractivity contribution in [2.45, 2.75) is 45.3 Å². The second-order valence-corrected chi connectivity index (χ2v) is 8.48. The fraction of sp³-hybridized carbons (Fsp3) is 0.350. The summed E-state index contributed by atoms with van der Waals surface area (Å²) >= 11 is 2.68. The summed E-state index contributed by atoms with van der Waals surface area (Å²) < 4.78 is 2.26. The zero-order valence-electron chi connectivity index (χ0n) is 15.9. The van der Waals surface area contributed by atoms with Crippen molar-refractivity contribution in [2.24, 2.45) is 0 Å². The molecule has 0 aliphatic heterocycles. The quantitative estimate of drug-likeness (QED) is 0.499. The predicted octanol–water partition coefficient (Wildman–Crippen LogP) is 4.07. The van der Waals surface area contributed by atoms with E-state index in [4.69, 9.17) is 0 Å². The van der Waals surface area contributed by atoms with Crippen LogP contribution in [0, 0.1) is 13.8 Å². The summed E-state index contributed by atoms with van der Waals surface area (Å²) in [4.78, 5) is 30.0. The molecule has 0 aliphatic rings. The Hall–Kier alpha value is -2.12. The second-order valence-electron chi connectivity index (χ2n) is 6.63. The van der Waals surface area contributed by atoms with Crippen molar-refractivity contribution in [1.82, 2.24) is 14.9 Å². The van der Waals surface area contributed by atoms with E-state index in [2.05, 4.69) is 10.3 Å². The molecule has 0 bridgehead atoms. The molecule has 0 saturated heterocycles. The highest BCUT2D eigenvalue weighted by Gasteiger charge is 2.17. The van der Waals surface area contributed by atoms with Crippen molar-refractivity contribution in [3.63, 3.8) is 0 Å². The van der Waals surface area contributed by atoms with Crippen molar-refractivity contribution in [1.29, 1.82) is 0 Å². The van der Waals surface area contributed by atoms with Gasteiger partial charge in [-0.2, -0.15) is 0 Å². The van der Waals surface area contributed by atoms with Gasteiger partial charge >= 0.3 is 0 Å². The van der Waals surface area contributed by atoms with Gasteiger partial charge in [0.15, 0.2) is 5.16 Å². The van der Waals surface area contributed by atoms with Crippen molar-refractivity contribution >= 4 is 39.2 Å². The summed E-state index contributed by atoms with van der Waals surface area (Å²) in [5.74, 6) is 0.165. The Morgan fingerprint density at radius 3 is 2.81 bits per heavy atom. The van der Waals surface area contributed by atoms with Crippen LogP contribution in [0.5, 0.6) is 0 Å². The maximum absolute atomic E-state index is 13.1. The number of rotatable bonds is 6. The Balaban J connectivity index is 2.03. The zero-order valence-corrected chi connectivity index (χ0v) is 17.5. The number of fused-ring (bicyclic) bond motifs is 1. The van der Waals surface area contributed by atoms with Gasteiger partial charge in [-0.1, -0.05) is 36.4 Å². The summed E-state index contributed by atoms with van der Waals surface area (Å²) in [6.45, 7) is 8.01. The van der Waals surface area contributed by atoms with Crippen LogP contribution < -0.4 is 10.9 Å². The normalized spacial score (nSPS) is 12.3. The molecule has 27 heavy (non-hydrogen) atoms. The van der Waals surface area contributed by atoms with E-state index >= 15 is 0 Å². The van der Waals surface area contributed by atoms with Gasteiger partial charge in [0.1, 0.15) is 4.70 Å². The van der Waals surface area contributed by atoms with E-state index in [1.807, 2.05) is 57.3 Å². The smallest absolute Gasteiger partial charge is 0.276 e. The Morgan fingerprint density at radius 2 is 2.11 bits per heavy atom. The number of amides is 1. The van der Waals surface area contributed by atoms with Crippen LogP contribution in [0.1, 0.15) is 31.4 Å². The average molecular weight is 402 g/mol. The SMILES string of the molecule is CCC(C)NC(=O)CSc1nc2ccsc2c(=O)n1-c1ccc(C)cc1C. The van der Waals surface area contributed by atoms with E-state index < -0.39 is 0 Å². The first-order valence-corrected chi connectivity index (χ1v) is 10.8. The molecular formula is C20H23N3O2S2. The molecule has 7 heteroatoms. The first-order valence-electron chi connectivity index (χ1n) is 8.90. The predicted molar refractivity (Wildman–Crippen MR) is 113 cm³/mol. The van der Waals surface area contributed by atoms with Crippen molar-refractivity contribution in [2.75, 3.05) is 5.75 Å². The first kappa shape index (κ1) is 19.6. The minimum atomic E-state index is -0.0909. The van der Waals surface area contributed by atoms with Crippen molar-refractivity contribution in [3.05, 3.63) is 51.1 Å². The highest BCUT2D eigenvalue weighted by Crippen LogP contribution is 2.25. The number of benzene rings is 1. The number of thiophene rings is 1. The van der Waals surface area contributed by atoms with Crippen molar-refractivity contribution < 1.29 is 4.79 Å². The van der Waals surface area contributed by atoms with Crippen LogP contribution in [-0.4, -0.2) is 27.3 Å². The summed E-state index contributed by atoms with van der Waals surface area (Å²) in [5.41, 5.74) is 3.53. The van der Waals surface area contributed by atoms with Crippen LogP contribution in [-0.2, 0) is 4.79 Å². The van der Waals surface area contributed by atoms with Gasteiger partial charge in [0.2, 0.25) is 5.91 Å². The van der Waals surface area contributed by atoms with Crippen LogP contribution in [0.4, 0.5) is 0 Å². The number of carbonyl (C=O) groups is 1. The van der Waals surface area contributed by atoms with Gasteiger partial charge in [0, 0.05) is 6.04 Å². The minimum Gasteiger partial charge on any atom is -0.353 e. The molecule has 1 unspecified atom stereocenters. The lowest BCUT2D eigenvalue weighted by Gasteiger charge is -2.15. The monoisotopic (exact) mass is 401 g/mol. The van der Waals surface area contributed by atoms with Gasteiger partial charge in [-0.05, 0) is 50.3 Å². The van der Waals surface area contributed by atoms with Crippen LogP contribution in [0.2, 0.25) is 0 Å². The number of hydrogen-bond acceptors (Lipinski definition) is 5. The van der Waals surface area contributed by atoms with E-state index in [0.29, 0.717) is 15.4 Å². The number of nitrogens with one attached hydrogen (secondary N) is 1. The molecule has 3 aromatic rings. The van der Waals surface area contributed by atoms with E-state index in [1.54, 1.807) is 4.57 Å². The fourth-order valence-electron chi connectivity index (χ4n) is 2.81. The number of aromatic nitrogens is 2. The highest BCUT2D eigenvalue weighted by atomic mass is 32.2. The molecule has 1 N–H and O–H groups in total. The zero-order chi connectivity index (χ0) is 19.6. The van der Waals surface area contributed by atoms with Crippen LogP contribution in [0.3, 0.4) is 0 Å². The van der Waals surface area contributed by atoms with Gasteiger partial charge in [-0.15, -0.1) is 11.3 Å². The van der Waals surface area contributed by atoms with Crippen molar-refractivity contribution in [3.8, 4) is 5.69 Å². The Labute approximate surface area is 166 Å². The standard InChI is InChI=1S/C20H23N3O2S2/c1-5-14(4)21-17(24)11-27-20-22-15-8-9-26-18(15)19(25)23(20)16-7-6-12(2)10-13(16)3/h6-10,14H,5,11H2,1-4H3,(H,21,24). The maximum atomic E-state index is 13.1. The van der Waals surface area contributed by atoms with E-state index in [9.17, 15) is 9.59 Å². The molecule has 2 aromatic heterocycles. The number of nitrogens with zero attached hydrogens (tertiary/aromatic N) is 2. The third kappa shape index (κ3) is 4.25. The molecule has 0 saturated carbocycles. The highest BCUT2D eigenvalue weighted by molar-refractivity contribution is 7.99. The third-order valence-electron chi connectivity index (χ3n) is 4.39. The van der Waals surface area contributed by atoms with E-state index in [0.717, 1.165) is 23.2 Å². The largest absolute Gasteiger partial charge is 0.353 e. The van der Waals surface area contributed by atoms with Gasteiger partial charge in [0.25, 0.3) is 5.56 Å².